The van der Waals surface area contributed by atoms with Crippen LogP contribution in [0.5, 0.6) is 5.88 Å². The van der Waals surface area contributed by atoms with Crippen LogP contribution < -0.4 is 4.74 Å². The molecule has 230 valence electrons. The second kappa shape index (κ2) is 13.5. The number of nitrogens with zero attached hydrogens (tertiary/aromatic N) is 2. The Bertz CT molecular complexity index is 1420. The van der Waals surface area contributed by atoms with Gasteiger partial charge in [0.15, 0.2) is 6.29 Å². The number of thiophene rings is 1. The first-order chi connectivity index (χ1) is 20.7. The van der Waals surface area contributed by atoms with Gasteiger partial charge in [0.05, 0.1) is 23.8 Å². The van der Waals surface area contributed by atoms with Gasteiger partial charge in [-0.25, -0.2) is 4.98 Å². The van der Waals surface area contributed by atoms with Crippen LogP contribution in [0.15, 0.2) is 47.8 Å². The predicted molar refractivity (Wildman–Crippen MR) is 150 cm³/mol. The van der Waals surface area contributed by atoms with Crippen LogP contribution >= 0.6 is 22.9 Å². The molecule has 0 saturated carbocycles. The molecule has 4 heterocycles. The molecular weight excluding hydrogens is 608 g/mol. The monoisotopic (exact) mass is 636 g/mol. The van der Waals surface area contributed by atoms with Gasteiger partial charge in [-0.2, -0.15) is 5.26 Å². The highest BCUT2D eigenvalue weighted by atomic mass is 35.5. The largest absolute Gasteiger partial charge is 0.444 e. The maximum Gasteiger partial charge on any atom is 0.235 e. The van der Waals surface area contributed by atoms with Crippen molar-refractivity contribution in [2.75, 3.05) is 13.2 Å². The van der Waals surface area contributed by atoms with Crippen LogP contribution in [0.2, 0.25) is 5.02 Å². The van der Waals surface area contributed by atoms with Gasteiger partial charge in [0.25, 0.3) is 0 Å². The van der Waals surface area contributed by atoms with Gasteiger partial charge in [-0.05, 0) is 35.2 Å². The zero-order valence-electron chi connectivity index (χ0n) is 22.3. The van der Waals surface area contributed by atoms with Gasteiger partial charge in [0.1, 0.15) is 60.5 Å². The lowest BCUT2D eigenvalue weighted by molar-refractivity contribution is -0.352. The van der Waals surface area contributed by atoms with Gasteiger partial charge in [-0.1, -0.05) is 29.8 Å². The first-order valence-electron chi connectivity index (χ1n) is 13.2. The molecule has 10 atom stereocenters. The molecular formula is C28H29ClN2O11S. The van der Waals surface area contributed by atoms with E-state index in [-0.39, 0.29) is 11.4 Å². The quantitative estimate of drug-likeness (QED) is 0.174. The summed E-state index contributed by atoms with van der Waals surface area (Å²) in [5.41, 5.74) is 1.56. The maximum absolute atomic E-state index is 11.0. The van der Waals surface area contributed by atoms with Crippen molar-refractivity contribution in [1.29, 1.82) is 5.26 Å². The minimum Gasteiger partial charge on any atom is -0.444 e. The lowest BCUT2D eigenvalue weighted by Crippen LogP contribution is -2.65. The number of ether oxygens (including phenoxy) is 4. The minimum absolute atomic E-state index is 0.00755. The number of aromatic nitrogens is 1. The number of rotatable bonds is 8. The summed E-state index contributed by atoms with van der Waals surface area (Å²) in [5.74, 6) is -0.209. The second-order valence-electron chi connectivity index (χ2n) is 9.95. The summed E-state index contributed by atoms with van der Waals surface area (Å²) in [6, 6.07) is 14.2. The molecule has 0 radical (unpaired) electrons. The van der Waals surface area contributed by atoms with Gasteiger partial charge >= 0.3 is 0 Å². The molecule has 3 aromatic rings. The molecule has 2 aliphatic heterocycles. The van der Waals surface area contributed by atoms with Crippen molar-refractivity contribution in [3.05, 3.63) is 58.4 Å². The lowest BCUT2D eigenvalue weighted by atomic mass is 9.97. The molecule has 0 amide bonds. The highest BCUT2D eigenvalue weighted by molar-refractivity contribution is 7.13. The smallest absolute Gasteiger partial charge is 0.235 e. The first kappa shape index (κ1) is 31.7. The number of hydrogen-bond acceptors (Lipinski definition) is 14. The van der Waals surface area contributed by atoms with Gasteiger partial charge in [-0.3, -0.25) is 0 Å². The molecule has 5 rings (SSSR count). The molecule has 15 heteroatoms. The molecule has 0 bridgehead atoms. The molecule has 43 heavy (non-hydrogen) atoms. The molecule has 2 aliphatic rings. The van der Waals surface area contributed by atoms with Crippen molar-refractivity contribution in [1.82, 2.24) is 4.98 Å². The van der Waals surface area contributed by atoms with Crippen molar-refractivity contribution < 1.29 is 54.7 Å². The molecule has 7 N–H and O–H groups in total. The van der Waals surface area contributed by atoms with E-state index < -0.39 is 74.6 Å². The summed E-state index contributed by atoms with van der Waals surface area (Å²) in [6.45, 7) is -1.47. The van der Waals surface area contributed by atoms with Gasteiger partial charge < -0.3 is 54.7 Å². The molecule has 0 unspecified atom stereocenters. The molecule has 1 aromatic carbocycles. The van der Waals surface area contributed by atoms with Crippen molar-refractivity contribution >= 4 is 22.9 Å². The zero-order chi connectivity index (χ0) is 30.8. The Balaban J connectivity index is 1.43. The van der Waals surface area contributed by atoms with Gasteiger partial charge in [0, 0.05) is 10.6 Å². The summed E-state index contributed by atoms with van der Waals surface area (Å²) < 4.78 is 22.6. The van der Waals surface area contributed by atoms with Crippen molar-refractivity contribution in [2.45, 2.75) is 61.4 Å². The number of benzene rings is 1. The van der Waals surface area contributed by atoms with E-state index >= 15 is 0 Å². The molecule has 2 saturated heterocycles. The van der Waals surface area contributed by atoms with Crippen LogP contribution in [0.1, 0.15) is 5.56 Å². The summed E-state index contributed by atoms with van der Waals surface area (Å²) in [4.78, 5) is 5.25. The van der Waals surface area contributed by atoms with E-state index in [4.69, 9.17) is 30.5 Å². The fourth-order valence-corrected chi connectivity index (χ4v) is 5.70. The fourth-order valence-electron chi connectivity index (χ4n) is 4.89. The predicted octanol–water partition coefficient (Wildman–Crippen LogP) is 0.00508. The van der Waals surface area contributed by atoms with Crippen LogP contribution in [-0.4, -0.2) is 115 Å². The lowest BCUT2D eigenvalue weighted by Gasteiger charge is -2.45. The van der Waals surface area contributed by atoms with E-state index in [0.29, 0.717) is 21.8 Å². The number of aliphatic hydroxyl groups excluding tert-OH is 7. The summed E-state index contributed by atoms with van der Waals surface area (Å²) in [5, 5.41) is 84.4. The van der Waals surface area contributed by atoms with Crippen LogP contribution in [0.4, 0.5) is 0 Å². The Morgan fingerprint density at radius 2 is 1.56 bits per heavy atom. The Labute approximate surface area is 254 Å². The highest BCUT2D eigenvalue weighted by Gasteiger charge is 2.51. The van der Waals surface area contributed by atoms with E-state index in [0.717, 1.165) is 4.88 Å². The summed E-state index contributed by atoms with van der Waals surface area (Å²) in [6.07, 6.45) is -16.3. The number of halogens is 1. The third-order valence-electron chi connectivity index (χ3n) is 7.22. The van der Waals surface area contributed by atoms with Crippen LogP contribution in [0, 0.1) is 11.3 Å². The Kier molecular flexibility index (Phi) is 9.93. The van der Waals surface area contributed by atoms with Gasteiger partial charge in [-0.15, -0.1) is 11.3 Å². The molecule has 0 aliphatic carbocycles. The number of hydrogen-bond donors (Lipinski definition) is 7. The minimum atomic E-state index is -1.82. The van der Waals surface area contributed by atoms with Crippen molar-refractivity contribution in [3.8, 4) is 33.6 Å². The average Bonchev–Trinajstić information content (AvgIpc) is 3.56. The second-order valence-corrected chi connectivity index (χ2v) is 11.3. The third kappa shape index (κ3) is 6.40. The molecule has 2 aromatic heterocycles. The number of nitriles is 1. The average molecular weight is 637 g/mol. The topological polar surface area (TPSA) is 215 Å². The Hall–Kier alpha value is -2.75. The standard InChI is InChI=1S/C28H29ClN2O11S/c29-13-5-3-12(4-6-13)14-8-16(19-2-1-7-43-19)31-26(15(14)9-30)42-28-24(38)22(36)25(18(11-33)40-28)41-27-23(37)21(35)20(34)17(10-32)39-27/h1-8,17-18,20-25,27-28,32-38H,10-11H2/t17-,18-,20+,21+,22-,23-,24-,25-,27+,28+/m1/s1. The zero-order valence-corrected chi connectivity index (χ0v) is 23.8. The number of aliphatic hydroxyl groups is 7. The number of pyridine rings is 1. The van der Waals surface area contributed by atoms with Gasteiger partial charge in [0.2, 0.25) is 12.2 Å². The Morgan fingerprint density at radius 1 is 0.884 bits per heavy atom. The molecule has 2 fully saturated rings. The highest BCUT2D eigenvalue weighted by Crippen LogP contribution is 2.37. The first-order valence-corrected chi connectivity index (χ1v) is 14.4. The normalized spacial score (nSPS) is 32.7. The van der Waals surface area contributed by atoms with Crippen molar-refractivity contribution in [2.24, 2.45) is 0 Å². The Morgan fingerprint density at radius 3 is 2.19 bits per heavy atom. The van der Waals surface area contributed by atoms with E-state index in [9.17, 15) is 41.0 Å². The van der Waals surface area contributed by atoms with Crippen molar-refractivity contribution in [3.63, 3.8) is 0 Å². The van der Waals surface area contributed by atoms with E-state index in [1.807, 2.05) is 17.5 Å². The van der Waals surface area contributed by atoms with Crippen LogP contribution in [0.25, 0.3) is 21.7 Å². The van der Waals surface area contributed by atoms with E-state index in [1.54, 1.807) is 30.3 Å². The SMILES string of the molecule is N#Cc1c(-c2ccc(Cl)cc2)cc(-c2cccs2)nc1O[C@@H]1O[C@H](CO)[C@@H](O[C@@H]2O[C@H](CO)[C@H](O)[C@H](O)[C@H]2O)[C@H](O)[C@H]1O. The summed E-state index contributed by atoms with van der Waals surface area (Å²) in [7, 11) is 0. The van der Waals surface area contributed by atoms with Crippen LogP contribution in [0.3, 0.4) is 0 Å². The van der Waals surface area contributed by atoms with E-state index in [2.05, 4.69) is 11.1 Å². The third-order valence-corrected chi connectivity index (χ3v) is 8.36. The summed E-state index contributed by atoms with van der Waals surface area (Å²) >= 11 is 7.46. The molecule has 0 spiro atoms. The fraction of sp³-hybridized carbons (Fsp3) is 0.429. The maximum atomic E-state index is 11.0. The van der Waals surface area contributed by atoms with Crippen LogP contribution in [-0.2, 0) is 14.2 Å². The molecule has 13 nitrogen and oxygen atoms in total. The van der Waals surface area contributed by atoms with E-state index in [1.165, 1.54) is 11.3 Å².